The van der Waals surface area contributed by atoms with Crippen LogP contribution in [0.15, 0.2) is 78.3 Å². The van der Waals surface area contributed by atoms with Gasteiger partial charge in [-0.3, -0.25) is 4.99 Å². The van der Waals surface area contributed by atoms with Gasteiger partial charge in [-0.25, -0.2) is 9.78 Å². The number of hydrogen-bond donors (Lipinski definition) is 0. The molecule has 1 heterocycles. The van der Waals surface area contributed by atoms with Crippen molar-refractivity contribution in [2.45, 2.75) is 19.9 Å². The van der Waals surface area contributed by atoms with Gasteiger partial charge in [0.05, 0.1) is 11.9 Å². The van der Waals surface area contributed by atoms with E-state index in [2.05, 4.69) is 9.98 Å². The van der Waals surface area contributed by atoms with Gasteiger partial charge < -0.3 is 9.30 Å². The van der Waals surface area contributed by atoms with Crippen molar-refractivity contribution >= 4 is 11.7 Å². The molecule has 2 aromatic carbocycles. The van der Waals surface area contributed by atoms with Crippen LogP contribution in [0.4, 0.5) is 0 Å². The summed E-state index contributed by atoms with van der Waals surface area (Å²) in [6, 6.07) is 16.4. The summed E-state index contributed by atoms with van der Waals surface area (Å²) in [4.78, 5) is 20.7. The van der Waals surface area contributed by atoms with Crippen LogP contribution in [0.5, 0.6) is 5.75 Å². The van der Waals surface area contributed by atoms with Crippen molar-refractivity contribution in [2.75, 3.05) is 6.54 Å². The molecule has 0 unspecified atom stereocenters. The van der Waals surface area contributed by atoms with E-state index in [1.807, 2.05) is 54.3 Å². The van der Waals surface area contributed by atoms with E-state index in [9.17, 15) is 4.79 Å². The molecule has 0 spiro atoms. The minimum Gasteiger partial charge on any atom is -0.423 e. The number of aryl methyl sites for hydroxylation is 1. The summed E-state index contributed by atoms with van der Waals surface area (Å²) < 4.78 is 7.43. The highest BCUT2D eigenvalue weighted by atomic mass is 16.5. The Morgan fingerprint density at radius 2 is 1.85 bits per heavy atom. The maximum absolute atomic E-state index is 12.1. The number of esters is 1. The molecule has 0 radical (unpaired) electrons. The maximum atomic E-state index is 12.1. The zero-order chi connectivity index (χ0) is 18.2. The van der Waals surface area contributed by atoms with E-state index >= 15 is 0 Å². The number of ether oxygens (including phenoxy) is 1. The lowest BCUT2D eigenvalue weighted by Gasteiger charge is -2.06. The largest absolute Gasteiger partial charge is 0.423 e. The van der Waals surface area contributed by atoms with Crippen LogP contribution < -0.4 is 4.74 Å². The van der Waals surface area contributed by atoms with E-state index in [0.717, 1.165) is 30.8 Å². The monoisotopic (exact) mass is 347 g/mol. The molecule has 0 atom stereocenters. The van der Waals surface area contributed by atoms with Gasteiger partial charge in [0.15, 0.2) is 0 Å². The molecule has 3 aromatic rings. The van der Waals surface area contributed by atoms with E-state index < -0.39 is 0 Å². The normalized spacial score (nSPS) is 11.3. The quantitative estimate of drug-likeness (QED) is 0.281. The van der Waals surface area contributed by atoms with Crippen molar-refractivity contribution in [3.8, 4) is 5.75 Å². The van der Waals surface area contributed by atoms with Crippen LogP contribution in [0.3, 0.4) is 0 Å². The summed E-state index contributed by atoms with van der Waals surface area (Å²) in [6.07, 6.45) is 6.50. The number of carbonyl (C=O) groups excluding carboxylic acids is 1. The summed E-state index contributed by atoms with van der Waals surface area (Å²) in [7, 11) is 0. The Hall–Kier alpha value is -3.21. The summed E-state index contributed by atoms with van der Waals surface area (Å²) in [5.74, 6) is 0.166. The fraction of sp³-hybridized carbons (Fsp3) is 0.190. The van der Waals surface area contributed by atoms with Gasteiger partial charge >= 0.3 is 5.97 Å². The Kier molecular flexibility index (Phi) is 5.93. The number of aromatic nitrogens is 2. The summed E-state index contributed by atoms with van der Waals surface area (Å²) in [5.41, 5.74) is 2.52. The number of aliphatic imine (C=N–C) groups is 1. The minimum absolute atomic E-state index is 0.358. The number of nitrogens with zero attached hydrogens (tertiary/aromatic N) is 3. The first-order chi connectivity index (χ1) is 12.7. The van der Waals surface area contributed by atoms with E-state index in [1.54, 1.807) is 30.5 Å². The molecule has 0 amide bonds. The molecule has 0 aliphatic carbocycles. The smallest absolute Gasteiger partial charge is 0.343 e. The average molecular weight is 347 g/mol. The van der Waals surface area contributed by atoms with E-state index in [-0.39, 0.29) is 5.97 Å². The first-order valence-corrected chi connectivity index (χ1v) is 8.57. The van der Waals surface area contributed by atoms with Crippen LogP contribution in [0.2, 0.25) is 0 Å². The standard InChI is InChI=1S/C21H21N3O2/c1-17(23-12-5-14-24-15-13-22-16-24)18-8-10-20(11-9-18)26-21(25)19-6-3-2-4-7-19/h2-4,6-11,13,15-16H,5,12,14H2,1H3. The minimum atomic E-state index is -0.358. The summed E-state index contributed by atoms with van der Waals surface area (Å²) in [5, 5.41) is 0. The fourth-order valence-corrected chi connectivity index (χ4v) is 2.51. The summed E-state index contributed by atoms with van der Waals surface area (Å²) >= 11 is 0. The van der Waals surface area contributed by atoms with Crippen molar-refractivity contribution in [1.82, 2.24) is 9.55 Å². The molecule has 0 bridgehead atoms. The molecular weight excluding hydrogens is 326 g/mol. The fourth-order valence-electron chi connectivity index (χ4n) is 2.51. The molecule has 0 N–H and O–H groups in total. The summed E-state index contributed by atoms with van der Waals surface area (Å²) in [6.45, 7) is 3.65. The van der Waals surface area contributed by atoms with Crippen molar-refractivity contribution in [3.63, 3.8) is 0 Å². The van der Waals surface area contributed by atoms with Crippen LogP contribution in [-0.2, 0) is 6.54 Å². The lowest BCUT2D eigenvalue weighted by Crippen LogP contribution is -2.08. The van der Waals surface area contributed by atoms with Crippen LogP contribution in [0.1, 0.15) is 29.3 Å². The Labute approximate surface area is 153 Å². The molecule has 0 aliphatic rings. The van der Waals surface area contributed by atoms with Gasteiger partial charge in [-0.2, -0.15) is 0 Å². The first kappa shape index (κ1) is 17.6. The molecule has 0 aliphatic heterocycles. The third-order valence-corrected chi connectivity index (χ3v) is 3.97. The lowest BCUT2D eigenvalue weighted by atomic mass is 10.1. The molecule has 1 aromatic heterocycles. The third-order valence-electron chi connectivity index (χ3n) is 3.97. The molecule has 132 valence electrons. The number of hydrogen-bond acceptors (Lipinski definition) is 4. The van der Waals surface area contributed by atoms with Crippen LogP contribution >= 0.6 is 0 Å². The molecule has 0 saturated heterocycles. The predicted molar refractivity (Wildman–Crippen MR) is 102 cm³/mol. The van der Waals surface area contributed by atoms with Crippen LogP contribution in [-0.4, -0.2) is 27.8 Å². The van der Waals surface area contributed by atoms with Gasteiger partial charge in [-0.05, 0) is 55.3 Å². The molecule has 5 nitrogen and oxygen atoms in total. The number of imidazole rings is 1. The van der Waals surface area contributed by atoms with Gasteiger partial charge in [0.1, 0.15) is 5.75 Å². The second kappa shape index (κ2) is 8.76. The zero-order valence-corrected chi connectivity index (χ0v) is 14.7. The average Bonchev–Trinajstić information content (AvgIpc) is 3.20. The van der Waals surface area contributed by atoms with E-state index in [4.69, 9.17) is 4.74 Å². The Morgan fingerprint density at radius 1 is 1.08 bits per heavy atom. The first-order valence-electron chi connectivity index (χ1n) is 8.57. The van der Waals surface area contributed by atoms with Crippen molar-refractivity contribution in [2.24, 2.45) is 4.99 Å². The van der Waals surface area contributed by atoms with Gasteiger partial charge in [-0.1, -0.05) is 18.2 Å². The second-order valence-corrected chi connectivity index (χ2v) is 5.90. The molecule has 0 fully saturated rings. The highest BCUT2D eigenvalue weighted by Gasteiger charge is 2.07. The molecule has 0 saturated carbocycles. The molecule has 3 rings (SSSR count). The Bertz CT molecular complexity index is 854. The van der Waals surface area contributed by atoms with Crippen LogP contribution in [0, 0.1) is 0 Å². The van der Waals surface area contributed by atoms with Crippen molar-refractivity contribution in [1.29, 1.82) is 0 Å². The number of carbonyl (C=O) groups is 1. The van der Waals surface area contributed by atoms with Gasteiger partial charge in [0.2, 0.25) is 0 Å². The van der Waals surface area contributed by atoms with E-state index in [0.29, 0.717) is 11.3 Å². The Balaban J connectivity index is 1.53. The molecule has 26 heavy (non-hydrogen) atoms. The zero-order valence-electron chi connectivity index (χ0n) is 14.7. The predicted octanol–water partition coefficient (Wildman–Crippen LogP) is 4.00. The third kappa shape index (κ3) is 4.89. The highest BCUT2D eigenvalue weighted by Crippen LogP contribution is 2.15. The topological polar surface area (TPSA) is 56.5 Å². The number of rotatable bonds is 7. The maximum Gasteiger partial charge on any atom is 0.343 e. The number of benzene rings is 2. The van der Waals surface area contributed by atoms with Gasteiger partial charge in [-0.15, -0.1) is 0 Å². The van der Waals surface area contributed by atoms with Gasteiger partial charge in [0.25, 0.3) is 0 Å². The van der Waals surface area contributed by atoms with Crippen molar-refractivity contribution in [3.05, 3.63) is 84.4 Å². The lowest BCUT2D eigenvalue weighted by molar-refractivity contribution is 0.0735. The SMILES string of the molecule is CC(=NCCCn1ccnc1)c1ccc(OC(=O)c2ccccc2)cc1. The second-order valence-electron chi connectivity index (χ2n) is 5.90. The van der Waals surface area contributed by atoms with E-state index in [1.165, 1.54) is 0 Å². The molecule has 5 heteroatoms. The Morgan fingerprint density at radius 3 is 2.54 bits per heavy atom. The highest BCUT2D eigenvalue weighted by molar-refractivity contribution is 5.99. The molecular formula is C21H21N3O2. The van der Waals surface area contributed by atoms with Gasteiger partial charge in [0, 0.05) is 31.2 Å². The van der Waals surface area contributed by atoms with Crippen molar-refractivity contribution < 1.29 is 9.53 Å². The van der Waals surface area contributed by atoms with Crippen LogP contribution in [0.25, 0.3) is 0 Å².